The van der Waals surface area contributed by atoms with E-state index in [-0.39, 0.29) is 5.43 Å². The summed E-state index contributed by atoms with van der Waals surface area (Å²) in [6.07, 6.45) is 4.95. The number of fused-ring (bicyclic) bond motifs is 7. The molecule has 0 fully saturated rings. The van der Waals surface area contributed by atoms with E-state index in [9.17, 15) is 4.79 Å². The van der Waals surface area contributed by atoms with Crippen LogP contribution in [0.1, 0.15) is 0 Å². The molecule has 0 aliphatic carbocycles. The zero-order valence-corrected chi connectivity index (χ0v) is 14.5. The second-order valence-corrected chi connectivity index (χ2v) is 6.58. The lowest BCUT2D eigenvalue weighted by Gasteiger charge is -2.03. The summed E-state index contributed by atoms with van der Waals surface area (Å²) in [6.45, 7) is 0. The molecule has 0 bridgehead atoms. The Kier molecular flexibility index (Phi) is 2.94. The highest BCUT2D eigenvalue weighted by atomic mass is 16.3. The minimum Gasteiger partial charge on any atom is -0.463 e. The standard InChI is InChI=1S/C22H12N4O2/c27-21-12-5-1-2-8-16(12)28-11-15(21)22-25-19-13-6-3-9-23-17(13)18-14(20(19)26-22)7-4-10-24-18/h1-11H,(H,25,26). The zero-order valence-electron chi connectivity index (χ0n) is 14.5. The van der Waals surface area contributed by atoms with Crippen LogP contribution < -0.4 is 5.43 Å². The molecule has 6 aromatic rings. The molecule has 1 N–H and O–H groups in total. The number of rotatable bonds is 1. The van der Waals surface area contributed by atoms with E-state index in [1.807, 2.05) is 36.4 Å². The van der Waals surface area contributed by atoms with Crippen molar-refractivity contribution < 1.29 is 4.42 Å². The van der Waals surface area contributed by atoms with Crippen molar-refractivity contribution >= 4 is 43.8 Å². The summed E-state index contributed by atoms with van der Waals surface area (Å²) < 4.78 is 5.66. The summed E-state index contributed by atoms with van der Waals surface area (Å²) in [6, 6.07) is 14.9. The number of aromatic amines is 1. The van der Waals surface area contributed by atoms with E-state index in [2.05, 4.69) is 15.0 Å². The van der Waals surface area contributed by atoms with E-state index in [4.69, 9.17) is 9.40 Å². The average Bonchev–Trinajstić information content (AvgIpc) is 3.20. The van der Waals surface area contributed by atoms with Gasteiger partial charge < -0.3 is 9.40 Å². The van der Waals surface area contributed by atoms with Crippen LogP contribution in [0.2, 0.25) is 0 Å². The SMILES string of the molecule is O=c1c(-c2nc3c4cccnc4c4ncccc4c3[nH]2)coc2ccccc12. The largest absolute Gasteiger partial charge is 0.463 e. The first kappa shape index (κ1) is 15.0. The quantitative estimate of drug-likeness (QED) is 0.436. The molecular weight excluding hydrogens is 352 g/mol. The van der Waals surface area contributed by atoms with E-state index >= 15 is 0 Å². The van der Waals surface area contributed by atoms with Crippen molar-refractivity contribution in [1.82, 2.24) is 19.9 Å². The van der Waals surface area contributed by atoms with Crippen molar-refractivity contribution in [3.8, 4) is 11.4 Å². The first-order valence-corrected chi connectivity index (χ1v) is 8.83. The highest BCUT2D eigenvalue weighted by Gasteiger charge is 2.17. The van der Waals surface area contributed by atoms with Crippen molar-refractivity contribution in [2.45, 2.75) is 0 Å². The van der Waals surface area contributed by atoms with Gasteiger partial charge in [0, 0.05) is 23.2 Å². The molecule has 132 valence electrons. The molecule has 0 saturated carbocycles. The van der Waals surface area contributed by atoms with Gasteiger partial charge in [0.1, 0.15) is 23.2 Å². The Hall–Kier alpha value is -4.06. The lowest BCUT2D eigenvalue weighted by Crippen LogP contribution is -2.05. The number of pyridine rings is 2. The maximum Gasteiger partial charge on any atom is 0.203 e. The van der Waals surface area contributed by atoms with Gasteiger partial charge in [-0.2, -0.15) is 0 Å². The third-order valence-electron chi connectivity index (χ3n) is 5.00. The molecule has 0 aliphatic heterocycles. The van der Waals surface area contributed by atoms with Crippen LogP contribution in [0.4, 0.5) is 0 Å². The molecule has 0 spiro atoms. The molecule has 0 aliphatic rings. The molecule has 0 amide bonds. The van der Waals surface area contributed by atoms with Gasteiger partial charge in [-0.15, -0.1) is 0 Å². The molecule has 0 atom stereocenters. The van der Waals surface area contributed by atoms with Gasteiger partial charge in [0.2, 0.25) is 5.43 Å². The van der Waals surface area contributed by atoms with Crippen LogP contribution in [0.5, 0.6) is 0 Å². The molecule has 2 aromatic carbocycles. The van der Waals surface area contributed by atoms with Crippen LogP contribution in [0, 0.1) is 0 Å². The van der Waals surface area contributed by atoms with Gasteiger partial charge in [-0.1, -0.05) is 12.1 Å². The van der Waals surface area contributed by atoms with Crippen LogP contribution >= 0.6 is 0 Å². The molecule has 4 aromatic heterocycles. The van der Waals surface area contributed by atoms with Crippen LogP contribution in [-0.4, -0.2) is 19.9 Å². The average molecular weight is 364 g/mol. The summed E-state index contributed by atoms with van der Waals surface area (Å²) in [5.74, 6) is 0.469. The van der Waals surface area contributed by atoms with Crippen molar-refractivity contribution in [3.05, 3.63) is 77.4 Å². The number of nitrogens with one attached hydrogen (secondary N) is 1. The molecule has 0 unspecified atom stereocenters. The monoisotopic (exact) mass is 364 g/mol. The number of benzene rings is 2. The normalized spacial score (nSPS) is 11.7. The first-order chi connectivity index (χ1) is 13.8. The van der Waals surface area contributed by atoms with Crippen LogP contribution in [-0.2, 0) is 0 Å². The number of hydrogen-bond acceptors (Lipinski definition) is 5. The number of nitrogens with zero attached hydrogens (tertiary/aromatic N) is 3. The fourth-order valence-electron chi connectivity index (χ4n) is 3.71. The Bertz CT molecular complexity index is 1520. The number of aromatic nitrogens is 4. The number of para-hydroxylation sites is 1. The zero-order chi connectivity index (χ0) is 18.7. The van der Waals surface area contributed by atoms with Gasteiger partial charge in [0.25, 0.3) is 0 Å². The van der Waals surface area contributed by atoms with E-state index in [1.165, 1.54) is 6.26 Å². The second kappa shape index (κ2) is 5.47. The van der Waals surface area contributed by atoms with E-state index in [0.717, 1.165) is 32.8 Å². The number of hydrogen-bond donors (Lipinski definition) is 1. The molecule has 28 heavy (non-hydrogen) atoms. The van der Waals surface area contributed by atoms with E-state index in [1.54, 1.807) is 24.5 Å². The predicted octanol–water partition coefficient (Wildman–Crippen LogP) is 4.43. The smallest absolute Gasteiger partial charge is 0.203 e. The summed E-state index contributed by atoms with van der Waals surface area (Å²) >= 11 is 0. The number of H-pyrrole nitrogens is 1. The molecule has 0 saturated heterocycles. The highest BCUT2D eigenvalue weighted by Crippen LogP contribution is 2.32. The van der Waals surface area contributed by atoms with Crippen molar-refractivity contribution in [2.24, 2.45) is 0 Å². The topological polar surface area (TPSA) is 84.7 Å². The Balaban J connectivity index is 1.75. The van der Waals surface area contributed by atoms with Gasteiger partial charge in [-0.05, 0) is 36.4 Å². The van der Waals surface area contributed by atoms with Crippen molar-refractivity contribution in [2.75, 3.05) is 0 Å². The van der Waals surface area contributed by atoms with Crippen molar-refractivity contribution in [1.29, 1.82) is 0 Å². The van der Waals surface area contributed by atoms with Crippen LogP contribution in [0.15, 0.2) is 76.4 Å². The molecule has 6 nitrogen and oxygen atoms in total. The summed E-state index contributed by atoms with van der Waals surface area (Å²) in [5.41, 5.74) is 3.99. The Morgan fingerprint density at radius 2 is 1.50 bits per heavy atom. The molecule has 4 heterocycles. The lowest BCUT2D eigenvalue weighted by molar-refractivity contribution is 0.604. The third-order valence-corrected chi connectivity index (χ3v) is 5.00. The minimum absolute atomic E-state index is 0.120. The summed E-state index contributed by atoms with van der Waals surface area (Å²) in [5, 5.41) is 2.32. The fraction of sp³-hybridized carbons (Fsp3) is 0. The van der Waals surface area contributed by atoms with E-state index < -0.39 is 0 Å². The van der Waals surface area contributed by atoms with Crippen LogP contribution in [0.3, 0.4) is 0 Å². The Labute approximate surface area is 157 Å². The van der Waals surface area contributed by atoms with Gasteiger partial charge in [0.15, 0.2) is 0 Å². The van der Waals surface area contributed by atoms with Gasteiger partial charge in [-0.3, -0.25) is 14.8 Å². The van der Waals surface area contributed by atoms with Crippen molar-refractivity contribution in [3.63, 3.8) is 0 Å². The maximum atomic E-state index is 13.0. The lowest BCUT2D eigenvalue weighted by atomic mass is 10.1. The first-order valence-electron chi connectivity index (χ1n) is 8.83. The Morgan fingerprint density at radius 3 is 2.36 bits per heavy atom. The van der Waals surface area contributed by atoms with Gasteiger partial charge >= 0.3 is 0 Å². The van der Waals surface area contributed by atoms with Gasteiger partial charge in [-0.25, -0.2) is 4.98 Å². The predicted molar refractivity (Wildman–Crippen MR) is 108 cm³/mol. The van der Waals surface area contributed by atoms with Gasteiger partial charge in [0.05, 0.1) is 27.5 Å². The second-order valence-electron chi connectivity index (χ2n) is 6.58. The highest BCUT2D eigenvalue weighted by molar-refractivity contribution is 6.21. The molecular formula is C22H12N4O2. The summed E-state index contributed by atoms with van der Waals surface area (Å²) in [7, 11) is 0. The number of imidazole rings is 1. The Morgan fingerprint density at radius 1 is 0.786 bits per heavy atom. The fourth-order valence-corrected chi connectivity index (χ4v) is 3.71. The van der Waals surface area contributed by atoms with E-state index in [0.29, 0.717) is 22.4 Å². The molecule has 6 rings (SSSR count). The maximum absolute atomic E-state index is 13.0. The minimum atomic E-state index is -0.120. The summed E-state index contributed by atoms with van der Waals surface area (Å²) in [4.78, 5) is 30.1. The third kappa shape index (κ3) is 1.97. The van der Waals surface area contributed by atoms with Crippen LogP contribution in [0.25, 0.3) is 55.2 Å². The molecule has 0 radical (unpaired) electrons. The molecule has 6 heteroatoms.